The topological polar surface area (TPSA) is 24.9 Å². The molecule has 0 atom stereocenters. The van der Waals surface area contributed by atoms with Crippen molar-refractivity contribution in [1.82, 2.24) is 4.98 Å². The fourth-order valence-corrected chi connectivity index (χ4v) is 3.07. The Balaban J connectivity index is 1.90. The first kappa shape index (κ1) is 12.5. The molecular weight excluding hydrogens is 232 g/mol. The minimum atomic E-state index is 0.632. The molecule has 0 radical (unpaired) electrons. The number of aromatic nitrogens is 1. The first-order valence-electron chi connectivity index (χ1n) is 7.46. The van der Waals surface area contributed by atoms with Crippen molar-refractivity contribution in [3.8, 4) is 0 Å². The SMILES string of the molecule is Cc1cc(NC2CCCCCC2)c2ccccc2n1. The second-order valence-electron chi connectivity index (χ2n) is 5.66. The van der Waals surface area contributed by atoms with Gasteiger partial charge < -0.3 is 5.32 Å². The zero-order valence-electron chi connectivity index (χ0n) is 11.7. The predicted molar refractivity (Wildman–Crippen MR) is 81.6 cm³/mol. The molecule has 1 aliphatic rings. The van der Waals surface area contributed by atoms with Crippen molar-refractivity contribution in [2.75, 3.05) is 5.32 Å². The van der Waals surface area contributed by atoms with Crippen LogP contribution in [0.5, 0.6) is 0 Å². The van der Waals surface area contributed by atoms with Gasteiger partial charge in [-0.2, -0.15) is 0 Å². The van der Waals surface area contributed by atoms with E-state index in [-0.39, 0.29) is 0 Å². The van der Waals surface area contributed by atoms with Crippen LogP contribution in [0.3, 0.4) is 0 Å². The largest absolute Gasteiger partial charge is 0.382 e. The number of fused-ring (bicyclic) bond motifs is 1. The van der Waals surface area contributed by atoms with E-state index in [1.807, 2.05) is 0 Å². The Labute approximate surface area is 115 Å². The Morgan fingerprint density at radius 3 is 2.58 bits per heavy atom. The summed E-state index contributed by atoms with van der Waals surface area (Å²) < 4.78 is 0. The van der Waals surface area contributed by atoms with E-state index in [4.69, 9.17) is 0 Å². The van der Waals surface area contributed by atoms with Gasteiger partial charge in [-0.05, 0) is 31.9 Å². The molecule has 0 spiro atoms. The molecule has 0 bridgehead atoms. The lowest BCUT2D eigenvalue weighted by molar-refractivity contribution is 0.620. The van der Waals surface area contributed by atoms with Crippen molar-refractivity contribution in [3.63, 3.8) is 0 Å². The molecule has 19 heavy (non-hydrogen) atoms. The van der Waals surface area contributed by atoms with Gasteiger partial charge >= 0.3 is 0 Å². The highest BCUT2D eigenvalue weighted by Crippen LogP contribution is 2.26. The number of para-hydroxylation sites is 1. The van der Waals surface area contributed by atoms with Crippen LogP contribution >= 0.6 is 0 Å². The lowest BCUT2D eigenvalue weighted by atomic mass is 10.1. The fourth-order valence-electron chi connectivity index (χ4n) is 3.07. The van der Waals surface area contributed by atoms with Gasteiger partial charge in [-0.1, -0.05) is 43.9 Å². The molecule has 2 heteroatoms. The van der Waals surface area contributed by atoms with Crippen LogP contribution in [0.15, 0.2) is 30.3 Å². The van der Waals surface area contributed by atoms with Crippen LogP contribution in [0.25, 0.3) is 10.9 Å². The molecule has 1 aromatic carbocycles. The number of benzene rings is 1. The van der Waals surface area contributed by atoms with E-state index in [2.05, 4.69) is 47.6 Å². The molecule has 100 valence electrons. The normalized spacial score (nSPS) is 17.3. The van der Waals surface area contributed by atoms with Gasteiger partial charge in [0.15, 0.2) is 0 Å². The Hall–Kier alpha value is -1.57. The van der Waals surface area contributed by atoms with E-state index < -0.39 is 0 Å². The summed E-state index contributed by atoms with van der Waals surface area (Å²) in [5, 5.41) is 5.01. The number of anilines is 1. The quantitative estimate of drug-likeness (QED) is 0.787. The van der Waals surface area contributed by atoms with Gasteiger partial charge in [-0.3, -0.25) is 4.98 Å². The molecule has 1 heterocycles. The molecule has 0 saturated heterocycles. The van der Waals surface area contributed by atoms with Crippen molar-refractivity contribution in [2.45, 2.75) is 51.5 Å². The van der Waals surface area contributed by atoms with E-state index in [0.29, 0.717) is 6.04 Å². The Kier molecular flexibility index (Phi) is 3.67. The van der Waals surface area contributed by atoms with E-state index >= 15 is 0 Å². The summed E-state index contributed by atoms with van der Waals surface area (Å²) in [5.41, 5.74) is 3.45. The molecule has 0 aliphatic heterocycles. The average molecular weight is 254 g/mol. The van der Waals surface area contributed by atoms with Gasteiger partial charge in [0.25, 0.3) is 0 Å². The van der Waals surface area contributed by atoms with Gasteiger partial charge in [0.2, 0.25) is 0 Å². The zero-order valence-corrected chi connectivity index (χ0v) is 11.7. The molecule has 1 aliphatic carbocycles. The van der Waals surface area contributed by atoms with Crippen LogP contribution < -0.4 is 5.32 Å². The maximum atomic E-state index is 4.61. The lowest BCUT2D eigenvalue weighted by Gasteiger charge is -2.19. The Bertz CT molecular complexity index is 554. The molecule has 0 amide bonds. The number of nitrogens with zero attached hydrogens (tertiary/aromatic N) is 1. The number of hydrogen-bond donors (Lipinski definition) is 1. The smallest absolute Gasteiger partial charge is 0.0725 e. The van der Waals surface area contributed by atoms with Crippen LogP contribution in [0.1, 0.15) is 44.2 Å². The summed E-state index contributed by atoms with van der Waals surface area (Å²) in [5.74, 6) is 0. The summed E-state index contributed by atoms with van der Waals surface area (Å²) in [4.78, 5) is 4.61. The minimum Gasteiger partial charge on any atom is -0.382 e. The predicted octanol–water partition coefficient (Wildman–Crippen LogP) is 4.68. The third-order valence-corrected chi connectivity index (χ3v) is 4.06. The highest BCUT2D eigenvalue weighted by atomic mass is 14.9. The first-order valence-corrected chi connectivity index (χ1v) is 7.46. The van der Waals surface area contributed by atoms with Crippen molar-refractivity contribution >= 4 is 16.6 Å². The summed E-state index contributed by atoms with van der Waals surface area (Å²) in [7, 11) is 0. The second-order valence-corrected chi connectivity index (χ2v) is 5.66. The summed E-state index contributed by atoms with van der Waals surface area (Å²) in [6.07, 6.45) is 8.12. The van der Waals surface area contributed by atoms with Gasteiger partial charge in [-0.25, -0.2) is 0 Å². The summed E-state index contributed by atoms with van der Waals surface area (Å²) >= 11 is 0. The number of pyridine rings is 1. The zero-order chi connectivity index (χ0) is 13.1. The lowest BCUT2D eigenvalue weighted by Crippen LogP contribution is -2.18. The maximum absolute atomic E-state index is 4.61. The molecular formula is C17H22N2. The van der Waals surface area contributed by atoms with Gasteiger partial charge in [0.1, 0.15) is 0 Å². The highest BCUT2D eigenvalue weighted by molar-refractivity contribution is 5.91. The molecule has 2 aromatic rings. The number of aryl methyl sites for hydroxylation is 1. The van der Waals surface area contributed by atoms with Crippen molar-refractivity contribution in [1.29, 1.82) is 0 Å². The van der Waals surface area contributed by atoms with E-state index in [1.165, 1.54) is 49.6 Å². The van der Waals surface area contributed by atoms with Crippen molar-refractivity contribution < 1.29 is 0 Å². The molecule has 3 rings (SSSR count). The van der Waals surface area contributed by atoms with Crippen molar-refractivity contribution in [3.05, 3.63) is 36.0 Å². The van der Waals surface area contributed by atoms with Crippen LogP contribution in [0.4, 0.5) is 5.69 Å². The third-order valence-electron chi connectivity index (χ3n) is 4.06. The summed E-state index contributed by atoms with van der Waals surface area (Å²) in [6, 6.07) is 11.2. The fraction of sp³-hybridized carbons (Fsp3) is 0.471. The Morgan fingerprint density at radius 2 is 1.79 bits per heavy atom. The highest BCUT2D eigenvalue weighted by Gasteiger charge is 2.13. The van der Waals surface area contributed by atoms with Crippen LogP contribution in [-0.2, 0) is 0 Å². The van der Waals surface area contributed by atoms with Crippen molar-refractivity contribution in [2.24, 2.45) is 0 Å². The first-order chi connectivity index (χ1) is 9.33. The minimum absolute atomic E-state index is 0.632. The standard InChI is InChI=1S/C17H22N2/c1-13-12-17(15-10-6-7-11-16(15)18-13)19-14-8-4-2-3-5-9-14/h6-7,10-12,14H,2-5,8-9H2,1H3,(H,18,19). The van der Waals surface area contributed by atoms with E-state index in [0.717, 1.165) is 11.2 Å². The third kappa shape index (κ3) is 2.89. The van der Waals surface area contributed by atoms with Gasteiger partial charge in [-0.15, -0.1) is 0 Å². The summed E-state index contributed by atoms with van der Waals surface area (Å²) in [6.45, 7) is 2.07. The molecule has 1 fully saturated rings. The molecule has 1 N–H and O–H groups in total. The van der Waals surface area contributed by atoms with Crippen LogP contribution in [-0.4, -0.2) is 11.0 Å². The molecule has 1 saturated carbocycles. The van der Waals surface area contributed by atoms with Crippen LogP contribution in [0.2, 0.25) is 0 Å². The van der Waals surface area contributed by atoms with Gasteiger partial charge in [0.05, 0.1) is 5.52 Å². The van der Waals surface area contributed by atoms with E-state index in [9.17, 15) is 0 Å². The average Bonchev–Trinajstić information content (AvgIpc) is 2.67. The maximum Gasteiger partial charge on any atom is 0.0725 e. The number of hydrogen-bond acceptors (Lipinski definition) is 2. The molecule has 2 nitrogen and oxygen atoms in total. The molecule has 0 unspecified atom stereocenters. The number of nitrogens with one attached hydrogen (secondary N) is 1. The van der Waals surface area contributed by atoms with Crippen LogP contribution in [0, 0.1) is 6.92 Å². The number of rotatable bonds is 2. The molecule has 1 aromatic heterocycles. The van der Waals surface area contributed by atoms with E-state index in [1.54, 1.807) is 0 Å². The Morgan fingerprint density at radius 1 is 1.05 bits per heavy atom. The second kappa shape index (κ2) is 5.60. The van der Waals surface area contributed by atoms with Gasteiger partial charge in [0, 0.05) is 22.8 Å². The monoisotopic (exact) mass is 254 g/mol.